The van der Waals surface area contributed by atoms with Crippen molar-refractivity contribution in [1.82, 2.24) is 16.0 Å². The van der Waals surface area contributed by atoms with E-state index in [0.29, 0.717) is 13.0 Å². The van der Waals surface area contributed by atoms with Crippen molar-refractivity contribution in [3.63, 3.8) is 0 Å². The summed E-state index contributed by atoms with van der Waals surface area (Å²) in [7, 11) is 0. The van der Waals surface area contributed by atoms with Gasteiger partial charge < -0.3 is 21.1 Å². The topological polar surface area (TPSA) is 90.5 Å². The molecule has 2 rings (SSSR count). The highest BCUT2D eigenvalue weighted by molar-refractivity contribution is 5.77. The molecule has 0 radical (unpaired) electrons. The van der Waals surface area contributed by atoms with Crippen LogP contribution in [0.4, 0.5) is 4.79 Å². The first-order chi connectivity index (χ1) is 11.5. The van der Waals surface area contributed by atoms with Gasteiger partial charge in [0, 0.05) is 19.0 Å². The summed E-state index contributed by atoms with van der Waals surface area (Å²) in [5.41, 5.74) is 1.09. The molecular formula is C18H27N3O3. The van der Waals surface area contributed by atoms with Crippen LogP contribution in [0.1, 0.15) is 44.6 Å². The van der Waals surface area contributed by atoms with E-state index in [1.807, 2.05) is 19.1 Å². The van der Waals surface area contributed by atoms with E-state index in [1.165, 1.54) is 0 Å². The highest BCUT2D eigenvalue weighted by Crippen LogP contribution is 2.12. The van der Waals surface area contributed by atoms with E-state index in [1.54, 1.807) is 12.1 Å². The number of urea groups is 1. The number of rotatable bonds is 9. The van der Waals surface area contributed by atoms with E-state index in [-0.39, 0.29) is 29.8 Å². The summed E-state index contributed by atoms with van der Waals surface area (Å²) in [5.74, 6) is 0.336. The molecule has 24 heavy (non-hydrogen) atoms. The maximum atomic E-state index is 11.8. The minimum atomic E-state index is -0.0829. The summed E-state index contributed by atoms with van der Waals surface area (Å²) in [6.07, 6.45) is 5.12. The minimum absolute atomic E-state index is 0.0815. The van der Waals surface area contributed by atoms with Crippen LogP contribution < -0.4 is 16.0 Å². The number of aromatic hydroxyl groups is 1. The Morgan fingerprint density at radius 2 is 1.92 bits per heavy atom. The molecule has 0 aliphatic carbocycles. The second-order valence-corrected chi connectivity index (χ2v) is 6.38. The van der Waals surface area contributed by atoms with E-state index < -0.39 is 0 Å². The van der Waals surface area contributed by atoms with Gasteiger partial charge in [-0.3, -0.25) is 4.79 Å². The lowest BCUT2D eigenvalue weighted by Gasteiger charge is -2.13. The molecule has 0 bridgehead atoms. The Bertz CT molecular complexity index is 545. The van der Waals surface area contributed by atoms with Crippen LogP contribution >= 0.6 is 0 Å². The summed E-state index contributed by atoms with van der Waals surface area (Å²) < 4.78 is 0. The van der Waals surface area contributed by atoms with Crippen LogP contribution in [0.2, 0.25) is 0 Å². The number of nitrogens with one attached hydrogen (secondary N) is 3. The molecule has 1 aromatic carbocycles. The van der Waals surface area contributed by atoms with E-state index >= 15 is 0 Å². The fraction of sp³-hybridized carbons (Fsp3) is 0.556. The predicted molar refractivity (Wildman–Crippen MR) is 92.8 cm³/mol. The molecule has 1 aliphatic heterocycles. The van der Waals surface area contributed by atoms with Crippen molar-refractivity contribution in [1.29, 1.82) is 0 Å². The van der Waals surface area contributed by atoms with Crippen molar-refractivity contribution >= 4 is 11.9 Å². The van der Waals surface area contributed by atoms with Crippen LogP contribution in [0, 0.1) is 0 Å². The number of carbonyl (C=O) groups is 2. The molecule has 1 aliphatic rings. The molecule has 0 saturated carbocycles. The van der Waals surface area contributed by atoms with Gasteiger partial charge in [0.2, 0.25) is 5.91 Å². The SMILES string of the molecule is C[C@@H]1NC(=O)N[C@@H]1CCCCCC(=O)NCCc1ccc(O)cc1. The van der Waals surface area contributed by atoms with Crippen LogP contribution in [-0.2, 0) is 11.2 Å². The number of carbonyl (C=O) groups excluding carboxylic acids is 2. The van der Waals surface area contributed by atoms with Crippen molar-refractivity contribution < 1.29 is 14.7 Å². The van der Waals surface area contributed by atoms with Crippen molar-refractivity contribution in [2.75, 3.05) is 6.54 Å². The Balaban J connectivity index is 1.49. The molecule has 0 unspecified atom stereocenters. The summed E-state index contributed by atoms with van der Waals surface area (Å²) in [6, 6.07) is 7.33. The summed E-state index contributed by atoms with van der Waals surface area (Å²) in [6.45, 7) is 2.62. The zero-order valence-corrected chi connectivity index (χ0v) is 14.2. The van der Waals surface area contributed by atoms with E-state index in [9.17, 15) is 14.7 Å². The van der Waals surface area contributed by atoms with Gasteiger partial charge in [-0.05, 0) is 43.9 Å². The van der Waals surface area contributed by atoms with Gasteiger partial charge in [0.1, 0.15) is 5.75 Å². The first-order valence-electron chi connectivity index (χ1n) is 8.66. The van der Waals surface area contributed by atoms with Crippen molar-refractivity contribution in [3.05, 3.63) is 29.8 Å². The molecule has 1 heterocycles. The number of phenols is 1. The second-order valence-electron chi connectivity index (χ2n) is 6.38. The average molecular weight is 333 g/mol. The van der Waals surface area contributed by atoms with Crippen LogP contribution in [0.25, 0.3) is 0 Å². The highest BCUT2D eigenvalue weighted by Gasteiger charge is 2.26. The quantitative estimate of drug-likeness (QED) is 0.522. The van der Waals surface area contributed by atoms with Crippen LogP contribution in [0.3, 0.4) is 0 Å². The molecule has 0 spiro atoms. The summed E-state index contributed by atoms with van der Waals surface area (Å²) in [5, 5.41) is 17.9. The number of amides is 3. The highest BCUT2D eigenvalue weighted by atomic mass is 16.3. The van der Waals surface area contributed by atoms with Crippen LogP contribution in [-0.4, -0.2) is 35.7 Å². The standard InChI is InChI=1S/C18H27N3O3/c1-13-16(21-18(24)20-13)5-3-2-4-6-17(23)19-12-11-14-7-9-15(22)10-8-14/h7-10,13,16,22H,2-6,11-12H2,1H3,(H,19,23)(H2,20,21,24)/t13-,16+/m0/s1. The number of phenolic OH excluding ortho intramolecular Hbond substituents is 1. The number of hydrogen-bond acceptors (Lipinski definition) is 3. The molecule has 6 heteroatoms. The lowest BCUT2D eigenvalue weighted by atomic mass is 10.0. The van der Waals surface area contributed by atoms with E-state index in [4.69, 9.17) is 0 Å². The first-order valence-corrected chi connectivity index (χ1v) is 8.66. The maximum Gasteiger partial charge on any atom is 0.315 e. The largest absolute Gasteiger partial charge is 0.508 e. The number of hydrogen-bond donors (Lipinski definition) is 4. The Morgan fingerprint density at radius 1 is 1.17 bits per heavy atom. The third kappa shape index (κ3) is 6.10. The van der Waals surface area contributed by atoms with Crippen molar-refractivity contribution in [2.24, 2.45) is 0 Å². The number of unbranched alkanes of at least 4 members (excludes halogenated alkanes) is 2. The summed E-state index contributed by atoms with van der Waals surface area (Å²) >= 11 is 0. The fourth-order valence-corrected chi connectivity index (χ4v) is 2.89. The molecule has 3 amide bonds. The lowest BCUT2D eigenvalue weighted by molar-refractivity contribution is -0.121. The van der Waals surface area contributed by atoms with Gasteiger partial charge in [-0.25, -0.2) is 4.79 Å². The lowest BCUT2D eigenvalue weighted by Crippen LogP contribution is -2.30. The smallest absolute Gasteiger partial charge is 0.315 e. The molecule has 4 N–H and O–H groups in total. The van der Waals surface area contributed by atoms with Gasteiger partial charge in [-0.15, -0.1) is 0 Å². The third-order valence-electron chi connectivity index (χ3n) is 4.37. The fourth-order valence-electron chi connectivity index (χ4n) is 2.89. The Kier molecular flexibility index (Phi) is 6.90. The molecule has 1 aromatic rings. The third-order valence-corrected chi connectivity index (χ3v) is 4.37. The van der Waals surface area contributed by atoms with Crippen molar-refractivity contribution in [2.45, 2.75) is 57.5 Å². The van der Waals surface area contributed by atoms with E-state index in [2.05, 4.69) is 16.0 Å². The van der Waals surface area contributed by atoms with Crippen molar-refractivity contribution in [3.8, 4) is 5.75 Å². The normalized spacial score (nSPS) is 19.6. The molecule has 2 atom stereocenters. The van der Waals surface area contributed by atoms with Crippen LogP contribution in [0.5, 0.6) is 5.75 Å². The Labute approximate surface area is 143 Å². The van der Waals surface area contributed by atoms with Gasteiger partial charge in [-0.2, -0.15) is 0 Å². The maximum absolute atomic E-state index is 11.8. The van der Waals surface area contributed by atoms with Gasteiger partial charge >= 0.3 is 6.03 Å². The van der Waals surface area contributed by atoms with E-state index in [0.717, 1.165) is 37.7 Å². The first kappa shape index (κ1) is 18.1. The molecular weight excluding hydrogens is 306 g/mol. The predicted octanol–water partition coefficient (Wildman–Crippen LogP) is 2.07. The zero-order valence-electron chi connectivity index (χ0n) is 14.2. The van der Waals surface area contributed by atoms with Gasteiger partial charge in [-0.1, -0.05) is 25.0 Å². The Morgan fingerprint density at radius 3 is 2.58 bits per heavy atom. The number of benzene rings is 1. The Hall–Kier alpha value is -2.24. The molecule has 1 fully saturated rings. The molecule has 132 valence electrons. The summed E-state index contributed by atoms with van der Waals surface area (Å²) in [4.78, 5) is 23.0. The molecule has 1 saturated heterocycles. The zero-order chi connectivity index (χ0) is 17.4. The average Bonchev–Trinajstić information content (AvgIpc) is 2.87. The second kappa shape index (κ2) is 9.15. The van der Waals surface area contributed by atoms with Gasteiger partial charge in [0.15, 0.2) is 0 Å². The van der Waals surface area contributed by atoms with Gasteiger partial charge in [0.05, 0.1) is 6.04 Å². The molecule has 0 aromatic heterocycles. The monoisotopic (exact) mass is 333 g/mol. The minimum Gasteiger partial charge on any atom is -0.508 e. The molecule has 6 nitrogen and oxygen atoms in total. The van der Waals surface area contributed by atoms with Gasteiger partial charge in [0.25, 0.3) is 0 Å². The van der Waals surface area contributed by atoms with Crippen LogP contribution in [0.15, 0.2) is 24.3 Å².